The lowest BCUT2D eigenvalue weighted by molar-refractivity contribution is 0.176. The molecule has 0 bridgehead atoms. The highest BCUT2D eigenvalue weighted by atomic mass is 35.5. The zero-order chi connectivity index (χ0) is 14.9. The van der Waals surface area contributed by atoms with Crippen LogP contribution in [0, 0.1) is 0 Å². The van der Waals surface area contributed by atoms with Gasteiger partial charge in [-0.05, 0) is 30.2 Å². The Hall–Kier alpha value is -0.740. The average Bonchev–Trinajstić information content (AvgIpc) is 2.65. The Labute approximate surface area is 133 Å². The normalized spacial score (nSPS) is 12.7. The van der Waals surface area contributed by atoms with Gasteiger partial charge in [0.1, 0.15) is 0 Å². The van der Waals surface area contributed by atoms with Gasteiger partial charge >= 0.3 is 0 Å². The molecule has 1 aromatic heterocycles. The van der Waals surface area contributed by atoms with Gasteiger partial charge in [-0.15, -0.1) is 0 Å². The number of rotatable bonds is 4. The zero-order valence-corrected chi connectivity index (χ0v) is 13.5. The van der Waals surface area contributed by atoms with Crippen LogP contribution in [0.3, 0.4) is 0 Å². The molecule has 6 heteroatoms. The largest absolute Gasteiger partial charge is 0.388 e. The van der Waals surface area contributed by atoms with Gasteiger partial charge in [-0.25, -0.2) is 0 Å². The topological polar surface area (TPSA) is 38.0 Å². The number of aliphatic hydroxyl groups excluding tert-OH is 1. The summed E-state index contributed by atoms with van der Waals surface area (Å²) in [5.41, 5.74) is 2.30. The molecule has 3 nitrogen and oxygen atoms in total. The van der Waals surface area contributed by atoms with Gasteiger partial charge in [0.05, 0.1) is 22.5 Å². The first kappa shape index (κ1) is 15.6. The van der Waals surface area contributed by atoms with Crippen LogP contribution in [0.2, 0.25) is 15.1 Å². The fourth-order valence-corrected chi connectivity index (χ4v) is 3.02. The summed E-state index contributed by atoms with van der Waals surface area (Å²) in [4.78, 5) is 0. The highest BCUT2D eigenvalue weighted by Gasteiger charge is 2.18. The highest BCUT2D eigenvalue weighted by Crippen LogP contribution is 2.29. The molecule has 20 heavy (non-hydrogen) atoms. The average molecular weight is 334 g/mol. The summed E-state index contributed by atoms with van der Waals surface area (Å²) >= 11 is 18.2. The lowest BCUT2D eigenvalue weighted by atomic mass is 10.0. The summed E-state index contributed by atoms with van der Waals surface area (Å²) in [5.74, 6) is 0. The Kier molecular flexibility index (Phi) is 4.97. The number of hydrogen-bond donors (Lipinski definition) is 1. The van der Waals surface area contributed by atoms with E-state index in [-0.39, 0.29) is 0 Å². The van der Waals surface area contributed by atoms with Gasteiger partial charge in [-0.3, -0.25) is 4.68 Å². The maximum absolute atomic E-state index is 10.3. The Morgan fingerprint density at radius 3 is 2.30 bits per heavy atom. The van der Waals surface area contributed by atoms with Crippen molar-refractivity contribution in [1.82, 2.24) is 9.78 Å². The molecular weight excluding hydrogens is 319 g/mol. The van der Waals surface area contributed by atoms with Crippen molar-refractivity contribution in [1.29, 1.82) is 0 Å². The van der Waals surface area contributed by atoms with E-state index in [9.17, 15) is 5.11 Å². The minimum Gasteiger partial charge on any atom is -0.388 e. The van der Waals surface area contributed by atoms with Crippen LogP contribution < -0.4 is 0 Å². The van der Waals surface area contributed by atoms with E-state index in [0.717, 1.165) is 17.8 Å². The van der Waals surface area contributed by atoms with E-state index in [0.29, 0.717) is 27.1 Å². The molecule has 0 saturated heterocycles. The quantitative estimate of drug-likeness (QED) is 0.909. The van der Waals surface area contributed by atoms with Crippen LogP contribution in [0.5, 0.6) is 0 Å². The molecule has 2 aromatic rings. The molecule has 1 heterocycles. The third-order valence-electron chi connectivity index (χ3n) is 3.16. The van der Waals surface area contributed by atoms with E-state index < -0.39 is 6.10 Å². The second-order valence-electron chi connectivity index (χ2n) is 4.61. The summed E-state index contributed by atoms with van der Waals surface area (Å²) < 4.78 is 1.70. The molecule has 0 saturated carbocycles. The number of hydrogen-bond acceptors (Lipinski definition) is 2. The lowest BCUT2D eigenvalue weighted by Crippen LogP contribution is -2.07. The molecule has 0 spiro atoms. The molecule has 0 aliphatic heterocycles. The van der Waals surface area contributed by atoms with E-state index >= 15 is 0 Å². The first-order chi connectivity index (χ1) is 9.42. The van der Waals surface area contributed by atoms with Crippen molar-refractivity contribution < 1.29 is 5.11 Å². The van der Waals surface area contributed by atoms with Crippen LogP contribution >= 0.6 is 34.8 Å². The number of aromatic nitrogens is 2. The summed E-state index contributed by atoms with van der Waals surface area (Å²) in [6.45, 7) is 1.99. The number of halogens is 3. The van der Waals surface area contributed by atoms with Gasteiger partial charge in [0.15, 0.2) is 0 Å². The number of aryl methyl sites for hydroxylation is 2. The molecule has 0 radical (unpaired) electrons. The Balaban J connectivity index is 2.27. The SMILES string of the molecule is CCc1nn(C)c(CC(O)c2cc(Cl)cc(Cl)c2)c1Cl. The van der Waals surface area contributed by atoms with Crippen LogP contribution in [0.1, 0.15) is 30.0 Å². The fourth-order valence-electron chi connectivity index (χ4n) is 2.11. The summed E-state index contributed by atoms with van der Waals surface area (Å²) in [6, 6.07) is 5.03. The van der Waals surface area contributed by atoms with Crippen molar-refractivity contribution in [3.05, 3.63) is 50.2 Å². The molecule has 1 aromatic carbocycles. The molecule has 0 amide bonds. The number of nitrogens with zero attached hydrogens (tertiary/aromatic N) is 2. The van der Waals surface area contributed by atoms with Crippen LogP contribution in [0.25, 0.3) is 0 Å². The van der Waals surface area contributed by atoms with Gasteiger partial charge in [0.2, 0.25) is 0 Å². The van der Waals surface area contributed by atoms with Crippen molar-refractivity contribution in [3.8, 4) is 0 Å². The van der Waals surface area contributed by atoms with E-state index in [1.54, 1.807) is 22.9 Å². The highest BCUT2D eigenvalue weighted by molar-refractivity contribution is 6.34. The monoisotopic (exact) mass is 332 g/mol. The minimum atomic E-state index is -0.733. The molecular formula is C14H15Cl3N2O. The third-order valence-corrected chi connectivity index (χ3v) is 4.03. The second-order valence-corrected chi connectivity index (χ2v) is 5.86. The van der Waals surface area contributed by atoms with E-state index in [4.69, 9.17) is 34.8 Å². The smallest absolute Gasteiger partial charge is 0.0850 e. The summed E-state index contributed by atoms with van der Waals surface area (Å²) in [7, 11) is 1.82. The van der Waals surface area contributed by atoms with Gasteiger partial charge in [-0.2, -0.15) is 5.10 Å². The maximum atomic E-state index is 10.3. The Morgan fingerprint density at radius 1 is 1.20 bits per heavy atom. The fraction of sp³-hybridized carbons (Fsp3) is 0.357. The van der Waals surface area contributed by atoms with Crippen molar-refractivity contribution in [2.45, 2.75) is 25.9 Å². The van der Waals surface area contributed by atoms with Crippen molar-refractivity contribution >= 4 is 34.8 Å². The van der Waals surface area contributed by atoms with Crippen molar-refractivity contribution in [2.75, 3.05) is 0 Å². The first-order valence-electron chi connectivity index (χ1n) is 6.26. The van der Waals surface area contributed by atoms with E-state index in [1.807, 2.05) is 14.0 Å². The third kappa shape index (κ3) is 3.29. The molecule has 108 valence electrons. The summed E-state index contributed by atoms with van der Waals surface area (Å²) in [5, 5.41) is 16.3. The van der Waals surface area contributed by atoms with Gasteiger partial charge in [0, 0.05) is 23.5 Å². The lowest BCUT2D eigenvalue weighted by Gasteiger charge is -2.12. The maximum Gasteiger partial charge on any atom is 0.0850 e. The van der Waals surface area contributed by atoms with E-state index in [1.165, 1.54) is 0 Å². The molecule has 1 N–H and O–H groups in total. The van der Waals surface area contributed by atoms with Gasteiger partial charge in [0.25, 0.3) is 0 Å². The molecule has 0 fully saturated rings. The summed E-state index contributed by atoms with van der Waals surface area (Å²) in [6.07, 6.45) is 0.383. The molecule has 1 unspecified atom stereocenters. The standard InChI is InChI=1S/C14H15Cl3N2O/c1-3-11-14(17)12(19(2)18-11)7-13(20)8-4-9(15)6-10(16)5-8/h4-6,13,20H,3,7H2,1-2H3. The van der Waals surface area contributed by atoms with Crippen LogP contribution in [0.4, 0.5) is 0 Å². The van der Waals surface area contributed by atoms with Crippen molar-refractivity contribution in [2.24, 2.45) is 7.05 Å². The Bertz CT molecular complexity index is 605. The number of aliphatic hydroxyl groups is 1. The minimum absolute atomic E-state index is 0.360. The molecule has 1 atom stereocenters. The Morgan fingerprint density at radius 2 is 1.80 bits per heavy atom. The predicted octanol–water partition coefficient (Wildman–Crippen LogP) is 4.22. The van der Waals surface area contributed by atoms with E-state index in [2.05, 4.69) is 5.10 Å². The predicted molar refractivity (Wildman–Crippen MR) is 82.7 cm³/mol. The zero-order valence-electron chi connectivity index (χ0n) is 11.2. The molecule has 0 aliphatic rings. The van der Waals surface area contributed by atoms with Gasteiger partial charge in [-0.1, -0.05) is 41.7 Å². The number of benzene rings is 1. The van der Waals surface area contributed by atoms with Crippen LogP contribution in [0.15, 0.2) is 18.2 Å². The molecule has 0 aliphatic carbocycles. The molecule has 2 rings (SSSR count). The first-order valence-corrected chi connectivity index (χ1v) is 7.40. The second kappa shape index (κ2) is 6.35. The van der Waals surface area contributed by atoms with Crippen LogP contribution in [-0.4, -0.2) is 14.9 Å². The van der Waals surface area contributed by atoms with Crippen LogP contribution in [-0.2, 0) is 19.9 Å². The van der Waals surface area contributed by atoms with Gasteiger partial charge < -0.3 is 5.11 Å². The van der Waals surface area contributed by atoms with Crippen molar-refractivity contribution in [3.63, 3.8) is 0 Å².